The second-order valence-electron chi connectivity index (χ2n) is 4.84. The molecule has 0 aromatic heterocycles. The van der Waals surface area contributed by atoms with E-state index in [-0.39, 0.29) is 0 Å². The minimum atomic E-state index is 0.586. The van der Waals surface area contributed by atoms with Crippen LogP contribution in [0.2, 0.25) is 0 Å². The van der Waals surface area contributed by atoms with Gasteiger partial charge in [0.05, 0.1) is 0 Å². The Kier molecular flexibility index (Phi) is 5.50. The van der Waals surface area contributed by atoms with Crippen molar-refractivity contribution in [3.8, 4) is 0 Å². The number of hydrogen-bond donors (Lipinski definition) is 1. The lowest BCUT2D eigenvalue weighted by atomic mass is 10.1. The van der Waals surface area contributed by atoms with Crippen molar-refractivity contribution in [2.45, 2.75) is 20.3 Å². The molecule has 16 heavy (non-hydrogen) atoms. The van der Waals surface area contributed by atoms with Gasteiger partial charge in [-0.2, -0.15) is 0 Å². The average molecular weight is 220 g/mol. The smallest absolute Gasteiger partial charge is 0.00189 e. The van der Waals surface area contributed by atoms with E-state index in [0.29, 0.717) is 5.92 Å². The number of benzene rings is 1. The zero-order valence-electron chi connectivity index (χ0n) is 10.7. The van der Waals surface area contributed by atoms with Crippen molar-refractivity contribution < 1.29 is 0 Å². The van der Waals surface area contributed by atoms with Gasteiger partial charge in [-0.1, -0.05) is 36.8 Å². The van der Waals surface area contributed by atoms with Crippen LogP contribution < -0.4 is 5.73 Å². The maximum atomic E-state index is 5.62. The minimum absolute atomic E-state index is 0.586. The maximum absolute atomic E-state index is 5.62. The first-order valence-corrected chi connectivity index (χ1v) is 6.06. The number of aryl methyl sites for hydroxylation is 1. The second kappa shape index (κ2) is 6.66. The van der Waals surface area contributed by atoms with Crippen LogP contribution in [0.25, 0.3) is 0 Å². The van der Waals surface area contributed by atoms with E-state index in [4.69, 9.17) is 5.73 Å². The van der Waals surface area contributed by atoms with Crippen LogP contribution in [0.4, 0.5) is 0 Å². The molecule has 90 valence electrons. The van der Waals surface area contributed by atoms with Crippen LogP contribution in [0.15, 0.2) is 24.3 Å². The summed E-state index contributed by atoms with van der Waals surface area (Å²) in [4.78, 5) is 2.36. The van der Waals surface area contributed by atoms with Crippen LogP contribution >= 0.6 is 0 Å². The normalized spacial score (nSPS) is 13.1. The minimum Gasteiger partial charge on any atom is -0.330 e. The van der Waals surface area contributed by atoms with Gasteiger partial charge in [0.1, 0.15) is 0 Å². The number of nitrogens with zero attached hydrogens (tertiary/aromatic N) is 1. The second-order valence-corrected chi connectivity index (χ2v) is 4.84. The van der Waals surface area contributed by atoms with Crippen molar-refractivity contribution in [3.05, 3.63) is 35.4 Å². The van der Waals surface area contributed by atoms with E-state index in [2.05, 4.69) is 50.1 Å². The molecule has 0 saturated heterocycles. The molecule has 0 aliphatic rings. The first-order valence-electron chi connectivity index (χ1n) is 6.06. The molecule has 0 aliphatic carbocycles. The van der Waals surface area contributed by atoms with Gasteiger partial charge < -0.3 is 10.6 Å². The van der Waals surface area contributed by atoms with E-state index in [1.165, 1.54) is 11.1 Å². The van der Waals surface area contributed by atoms with Crippen LogP contribution in [-0.4, -0.2) is 31.6 Å². The summed E-state index contributed by atoms with van der Waals surface area (Å²) in [6, 6.07) is 8.74. The molecule has 1 atom stereocenters. The molecule has 0 fully saturated rings. The van der Waals surface area contributed by atoms with E-state index in [1.54, 1.807) is 0 Å². The SMILES string of the molecule is Cc1cccc(CCN(C)CC(C)CN)c1. The topological polar surface area (TPSA) is 29.3 Å². The van der Waals surface area contributed by atoms with Crippen molar-refractivity contribution in [2.24, 2.45) is 11.7 Å². The number of likely N-dealkylation sites (N-methyl/N-ethyl adjacent to an activating group) is 1. The van der Waals surface area contributed by atoms with E-state index >= 15 is 0 Å². The van der Waals surface area contributed by atoms with Crippen molar-refractivity contribution in [1.29, 1.82) is 0 Å². The predicted octanol–water partition coefficient (Wildman–Crippen LogP) is 2.06. The zero-order chi connectivity index (χ0) is 12.0. The van der Waals surface area contributed by atoms with Gasteiger partial charge in [-0.3, -0.25) is 0 Å². The molecule has 1 aromatic rings. The fourth-order valence-corrected chi connectivity index (χ4v) is 1.89. The Bertz CT molecular complexity index is 309. The zero-order valence-corrected chi connectivity index (χ0v) is 10.7. The number of rotatable bonds is 6. The van der Waals surface area contributed by atoms with Gasteiger partial charge in [0.2, 0.25) is 0 Å². The van der Waals surface area contributed by atoms with Crippen LogP contribution in [-0.2, 0) is 6.42 Å². The van der Waals surface area contributed by atoms with Crippen molar-refractivity contribution in [1.82, 2.24) is 4.90 Å². The highest BCUT2D eigenvalue weighted by Crippen LogP contribution is 2.05. The average Bonchev–Trinajstić information content (AvgIpc) is 2.26. The molecule has 1 unspecified atom stereocenters. The Morgan fingerprint density at radius 1 is 1.38 bits per heavy atom. The first-order chi connectivity index (χ1) is 7.61. The Morgan fingerprint density at radius 3 is 2.75 bits per heavy atom. The summed E-state index contributed by atoms with van der Waals surface area (Å²) in [5.74, 6) is 0.586. The molecule has 0 amide bonds. The molecule has 1 rings (SSSR count). The lowest BCUT2D eigenvalue weighted by Gasteiger charge is -2.20. The lowest BCUT2D eigenvalue weighted by Crippen LogP contribution is -2.29. The van der Waals surface area contributed by atoms with Crippen molar-refractivity contribution in [2.75, 3.05) is 26.7 Å². The lowest BCUT2D eigenvalue weighted by molar-refractivity contribution is 0.292. The highest BCUT2D eigenvalue weighted by atomic mass is 15.1. The molecule has 0 spiro atoms. The standard InChI is InChI=1S/C14H24N2/c1-12-5-4-6-14(9-12)7-8-16(3)11-13(2)10-15/h4-6,9,13H,7-8,10-11,15H2,1-3H3. The van der Waals surface area contributed by atoms with E-state index in [1.807, 2.05) is 0 Å². The highest BCUT2D eigenvalue weighted by molar-refractivity contribution is 5.22. The third kappa shape index (κ3) is 4.77. The first kappa shape index (κ1) is 13.2. The van der Waals surface area contributed by atoms with Gasteiger partial charge in [-0.15, -0.1) is 0 Å². The van der Waals surface area contributed by atoms with E-state index in [9.17, 15) is 0 Å². The summed E-state index contributed by atoms with van der Waals surface area (Å²) in [7, 11) is 2.17. The van der Waals surface area contributed by atoms with Crippen LogP contribution in [0, 0.1) is 12.8 Å². The fourth-order valence-electron chi connectivity index (χ4n) is 1.89. The number of nitrogens with two attached hydrogens (primary N) is 1. The Hall–Kier alpha value is -0.860. The summed E-state index contributed by atoms with van der Waals surface area (Å²) in [5, 5.41) is 0. The molecule has 0 aliphatic heterocycles. The summed E-state index contributed by atoms with van der Waals surface area (Å²) in [5.41, 5.74) is 8.39. The molecule has 2 heteroatoms. The van der Waals surface area contributed by atoms with E-state index < -0.39 is 0 Å². The third-order valence-corrected chi connectivity index (χ3v) is 2.89. The molecule has 2 nitrogen and oxygen atoms in total. The maximum Gasteiger partial charge on any atom is 0.00189 e. The molecular formula is C14H24N2. The molecule has 0 radical (unpaired) electrons. The monoisotopic (exact) mass is 220 g/mol. The summed E-state index contributed by atoms with van der Waals surface area (Å²) >= 11 is 0. The van der Waals surface area contributed by atoms with Gasteiger partial charge in [0.25, 0.3) is 0 Å². The highest BCUT2D eigenvalue weighted by Gasteiger charge is 2.04. The molecular weight excluding hydrogens is 196 g/mol. The largest absolute Gasteiger partial charge is 0.330 e. The summed E-state index contributed by atoms with van der Waals surface area (Å²) < 4.78 is 0. The molecule has 0 saturated carbocycles. The van der Waals surface area contributed by atoms with Crippen LogP contribution in [0.1, 0.15) is 18.1 Å². The molecule has 0 heterocycles. The van der Waals surface area contributed by atoms with Gasteiger partial charge >= 0.3 is 0 Å². The predicted molar refractivity (Wildman–Crippen MR) is 70.6 cm³/mol. The Balaban J connectivity index is 2.34. The van der Waals surface area contributed by atoms with Gasteiger partial charge in [-0.05, 0) is 38.4 Å². The fraction of sp³-hybridized carbons (Fsp3) is 0.571. The van der Waals surface area contributed by atoms with E-state index in [0.717, 1.165) is 26.1 Å². The van der Waals surface area contributed by atoms with Gasteiger partial charge in [-0.25, -0.2) is 0 Å². The van der Waals surface area contributed by atoms with Crippen molar-refractivity contribution in [3.63, 3.8) is 0 Å². The van der Waals surface area contributed by atoms with Crippen molar-refractivity contribution >= 4 is 0 Å². The summed E-state index contributed by atoms with van der Waals surface area (Å²) in [6.45, 7) is 7.30. The molecule has 1 aromatic carbocycles. The number of hydrogen-bond acceptors (Lipinski definition) is 2. The van der Waals surface area contributed by atoms with Gasteiger partial charge in [0.15, 0.2) is 0 Å². The molecule has 2 N–H and O–H groups in total. The molecule has 0 bridgehead atoms. The summed E-state index contributed by atoms with van der Waals surface area (Å²) in [6.07, 6.45) is 1.12. The quantitative estimate of drug-likeness (QED) is 0.795. The Labute approximate surface area is 99.5 Å². The third-order valence-electron chi connectivity index (χ3n) is 2.89. The van der Waals surface area contributed by atoms with Gasteiger partial charge in [0, 0.05) is 13.1 Å². The van der Waals surface area contributed by atoms with Crippen LogP contribution in [0.5, 0.6) is 0 Å². The Morgan fingerprint density at radius 2 is 2.12 bits per heavy atom. The van der Waals surface area contributed by atoms with Crippen LogP contribution in [0.3, 0.4) is 0 Å².